The molecule has 1 heterocycles. The molecule has 0 radical (unpaired) electrons. The maximum atomic E-state index is 11.7. The van der Waals surface area contributed by atoms with Gasteiger partial charge in [0.2, 0.25) is 0 Å². The Labute approximate surface area is 110 Å². The van der Waals surface area contributed by atoms with Crippen LogP contribution in [0.4, 0.5) is 5.69 Å². The number of benzene rings is 1. The van der Waals surface area contributed by atoms with Crippen LogP contribution in [0.5, 0.6) is 0 Å². The van der Waals surface area contributed by atoms with Crippen molar-refractivity contribution in [3.63, 3.8) is 0 Å². The van der Waals surface area contributed by atoms with Crippen LogP contribution < -0.4 is 15.6 Å². The Morgan fingerprint density at radius 2 is 2.05 bits per heavy atom. The van der Waals surface area contributed by atoms with E-state index >= 15 is 0 Å². The topological polar surface area (TPSA) is 79.0 Å². The van der Waals surface area contributed by atoms with Gasteiger partial charge in [-0.2, -0.15) is 0 Å². The van der Waals surface area contributed by atoms with Crippen molar-refractivity contribution >= 4 is 11.6 Å². The van der Waals surface area contributed by atoms with Gasteiger partial charge in [-0.15, -0.1) is 0 Å². The first-order chi connectivity index (χ1) is 9.04. The van der Waals surface area contributed by atoms with Gasteiger partial charge in [0.15, 0.2) is 0 Å². The summed E-state index contributed by atoms with van der Waals surface area (Å²) in [6.07, 6.45) is 1.18. The Morgan fingerprint density at radius 1 is 1.37 bits per heavy atom. The number of amides is 1. The van der Waals surface area contributed by atoms with E-state index in [1.165, 1.54) is 16.4 Å². The van der Waals surface area contributed by atoms with Gasteiger partial charge in [0.1, 0.15) is 0 Å². The number of nitrogens with one attached hydrogen (secondary N) is 2. The number of H-pyrrole nitrogens is 1. The Balaban J connectivity index is 1.97. The maximum absolute atomic E-state index is 11.7. The van der Waals surface area contributed by atoms with Crippen molar-refractivity contribution in [3.8, 4) is 0 Å². The lowest BCUT2D eigenvalue weighted by Gasteiger charge is -2.07. The van der Waals surface area contributed by atoms with Crippen LogP contribution in [0.25, 0.3) is 0 Å². The molecule has 1 amide bonds. The Hall–Kier alpha value is -2.37. The molecule has 0 spiro atoms. The van der Waals surface area contributed by atoms with Crippen LogP contribution in [0, 0.1) is 0 Å². The largest absolute Gasteiger partial charge is 0.426 e. The van der Waals surface area contributed by atoms with Gasteiger partial charge in [-0.1, -0.05) is 30.7 Å². The molecule has 1 aromatic heterocycles. The molecule has 0 fully saturated rings. The summed E-state index contributed by atoms with van der Waals surface area (Å²) in [5.74, 6) is 0.218. The van der Waals surface area contributed by atoms with E-state index in [1.807, 2.05) is 24.3 Å². The zero-order valence-corrected chi connectivity index (χ0v) is 10.8. The van der Waals surface area contributed by atoms with Crippen LogP contribution in [-0.2, 0) is 11.3 Å². The average Bonchev–Trinajstić information content (AvgIpc) is 2.75. The minimum atomic E-state index is -0.519. The summed E-state index contributed by atoms with van der Waals surface area (Å²) in [5.41, 5.74) is 1.42. The second-order valence-electron chi connectivity index (χ2n) is 4.59. The van der Waals surface area contributed by atoms with Crippen LogP contribution >= 0.6 is 0 Å². The van der Waals surface area contributed by atoms with Gasteiger partial charge in [-0.05, 0) is 28.9 Å². The summed E-state index contributed by atoms with van der Waals surface area (Å²) >= 11 is 0. The first-order valence-electron chi connectivity index (χ1n) is 6.02. The zero-order valence-electron chi connectivity index (χ0n) is 10.8. The monoisotopic (exact) mass is 262 g/mol. The average molecular weight is 262 g/mol. The molecular formula is C13H16N3O3+. The standard InChI is InChI=1S/C13H15N3O3/c1-9(2)10-3-5-11(6-4-10)14-12(17)7-16-8-13(18)19-15-16/h3-6,8-9H,7H2,1-2H3,(H-,14,15,17,18)/p+1. The van der Waals surface area contributed by atoms with Crippen molar-refractivity contribution < 1.29 is 14.0 Å². The lowest BCUT2D eigenvalue weighted by molar-refractivity contribution is -0.750. The molecule has 0 atom stereocenters. The fourth-order valence-electron chi connectivity index (χ4n) is 1.67. The fraction of sp³-hybridized carbons (Fsp3) is 0.308. The van der Waals surface area contributed by atoms with Gasteiger partial charge in [-0.3, -0.25) is 9.32 Å². The van der Waals surface area contributed by atoms with Crippen molar-refractivity contribution in [1.29, 1.82) is 0 Å². The van der Waals surface area contributed by atoms with E-state index in [0.29, 0.717) is 5.92 Å². The third kappa shape index (κ3) is 3.54. The minimum Gasteiger partial charge on any atom is -0.321 e. The minimum absolute atomic E-state index is 0.00231. The first kappa shape index (κ1) is 13.1. The van der Waals surface area contributed by atoms with Crippen LogP contribution in [0.1, 0.15) is 25.3 Å². The van der Waals surface area contributed by atoms with Crippen LogP contribution in [0.3, 0.4) is 0 Å². The van der Waals surface area contributed by atoms with Crippen molar-refractivity contribution in [3.05, 3.63) is 46.4 Å². The van der Waals surface area contributed by atoms with Crippen molar-refractivity contribution in [2.24, 2.45) is 0 Å². The molecular weight excluding hydrogens is 246 g/mol. The van der Waals surface area contributed by atoms with Gasteiger partial charge in [0, 0.05) is 5.69 Å². The molecule has 2 rings (SSSR count). The molecule has 0 aliphatic heterocycles. The summed E-state index contributed by atoms with van der Waals surface area (Å²) < 4.78 is 5.74. The number of hydrogen-bond donors (Lipinski definition) is 2. The van der Waals surface area contributed by atoms with E-state index in [9.17, 15) is 9.59 Å². The molecule has 2 N–H and O–H groups in total. The molecule has 2 aromatic rings. The van der Waals surface area contributed by atoms with Gasteiger partial charge in [-0.25, -0.2) is 4.79 Å². The number of nitrogens with zero attached hydrogens (tertiary/aromatic N) is 1. The van der Waals surface area contributed by atoms with Gasteiger partial charge in [0.25, 0.3) is 18.6 Å². The number of anilines is 1. The first-order valence-corrected chi connectivity index (χ1v) is 6.02. The summed E-state index contributed by atoms with van der Waals surface area (Å²) in [6.45, 7) is 4.22. The second-order valence-corrected chi connectivity index (χ2v) is 4.59. The van der Waals surface area contributed by atoms with Gasteiger partial charge < -0.3 is 5.32 Å². The lowest BCUT2D eigenvalue weighted by atomic mass is 10.0. The number of hydrogen-bond acceptors (Lipinski definition) is 3. The zero-order chi connectivity index (χ0) is 13.8. The highest BCUT2D eigenvalue weighted by Crippen LogP contribution is 2.16. The molecule has 1 aromatic carbocycles. The van der Waals surface area contributed by atoms with E-state index in [2.05, 4.69) is 29.0 Å². The molecule has 0 saturated heterocycles. The van der Waals surface area contributed by atoms with E-state index in [4.69, 9.17) is 0 Å². The quantitative estimate of drug-likeness (QED) is 0.807. The Morgan fingerprint density at radius 3 is 2.58 bits per heavy atom. The molecule has 0 saturated carbocycles. The Bertz CT molecular complexity index is 611. The fourth-order valence-corrected chi connectivity index (χ4v) is 1.67. The predicted molar refractivity (Wildman–Crippen MR) is 68.7 cm³/mol. The lowest BCUT2D eigenvalue weighted by Crippen LogP contribution is -2.41. The number of rotatable bonds is 4. The van der Waals surface area contributed by atoms with E-state index < -0.39 is 5.63 Å². The highest BCUT2D eigenvalue weighted by Gasteiger charge is 2.13. The van der Waals surface area contributed by atoms with Gasteiger partial charge >= 0.3 is 5.63 Å². The predicted octanol–water partition coefficient (Wildman–Crippen LogP) is 1.02. The summed E-state index contributed by atoms with van der Waals surface area (Å²) in [5, 5.41) is 5.06. The maximum Gasteiger partial charge on any atom is 0.426 e. The van der Waals surface area contributed by atoms with Crippen LogP contribution in [-0.4, -0.2) is 11.2 Å². The normalized spacial score (nSPS) is 10.7. The highest BCUT2D eigenvalue weighted by atomic mass is 16.5. The summed E-state index contributed by atoms with van der Waals surface area (Å²) in [6, 6.07) is 7.67. The summed E-state index contributed by atoms with van der Waals surface area (Å²) in [7, 11) is 0. The molecule has 100 valence electrons. The smallest absolute Gasteiger partial charge is 0.321 e. The van der Waals surface area contributed by atoms with Crippen LogP contribution in [0.2, 0.25) is 0 Å². The van der Waals surface area contributed by atoms with Gasteiger partial charge in [0.05, 0.1) is 0 Å². The molecule has 0 unspecified atom stereocenters. The number of aromatic amines is 1. The van der Waals surface area contributed by atoms with E-state index in [0.717, 1.165) is 5.69 Å². The highest BCUT2D eigenvalue weighted by molar-refractivity contribution is 5.89. The Kier molecular flexibility index (Phi) is 3.79. The molecule has 0 aliphatic rings. The molecule has 0 aliphatic carbocycles. The summed E-state index contributed by atoms with van der Waals surface area (Å²) in [4.78, 5) is 22.5. The third-order valence-corrected chi connectivity index (χ3v) is 2.70. The third-order valence-electron chi connectivity index (χ3n) is 2.70. The van der Waals surface area contributed by atoms with E-state index in [-0.39, 0.29) is 12.5 Å². The second kappa shape index (κ2) is 5.51. The number of carbonyl (C=O) groups is 1. The van der Waals surface area contributed by atoms with Crippen molar-refractivity contribution in [2.45, 2.75) is 26.3 Å². The SMILES string of the molecule is CC(C)c1ccc(NC(=O)C[n+]2cc(=O)o[nH]2)cc1. The van der Waals surface area contributed by atoms with E-state index in [1.54, 1.807) is 0 Å². The van der Waals surface area contributed by atoms with Crippen molar-refractivity contribution in [2.75, 3.05) is 5.32 Å². The number of carbonyl (C=O) groups excluding carboxylic acids is 1. The molecule has 6 heteroatoms. The number of aromatic nitrogens is 2. The molecule has 6 nitrogen and oxygen atoms in total. The molecule has 0 bridgehead atoms. The van der Waals surface area contributed by atoms with Crippen LogP contribution in [0.15, 0.2) is 39.8 Å². The molecule has 19 heavy (non-hydrogen) atoms. The van der Waals surface area contributed by atoms with Crippen molar-refractivity contribution in [1.82, 2.24) is 5.27 Å².